The number of nitrogens with one attached hydrogen (secondary N) is 1. The van der Waals surface area contributed by atoms with E-state index in [2.05, 4.69) is 5.32 Å². The molecule has 0 atom stereocenters. The lowest BCUT2D eigenvalue weighted by Crippen LogP contribution is -2.15. The van der Waals surface area contributed by atoms with Crippen LogP contribution in [0.4, 0.5) is 5.00 Å². The van der Waals surface area contributed by atoms with Gasteiger partial charge in [0.05, 0.1) is 4.92 Å². The van der Waals surface area contributed by atoms with Crippen LogP contribution in [0, 0.1) is 10.1 Å². The van der Waals surface area contributed by atoms with Crippen molar-refractivity contribution in [3.8, 4) is 0 Å². The van der Waals surface area contributed by atoms with E-state index in [1.165, 1.54) is 16.9 Å². The number of hydrogen-bond donors (Lipinski definition) is 1. The van der Waals surface area contributed by atoms with Gasteiger partial charge in [-0.05, 0) is 36.7 Å². The van der Waals surface area contributed by atoms with E-state index in [4.69, 9.17) is 11.6 Å². The Hall–Kier alpha value is -1.43. The molecular formula is C13H13ClN2O2S. The highest BCUT2D eigenvalue weighted by molar-refractivity contribution is 7.15. The van der Waals surface area contributed by atoms with Crippen LogP contribution >= 0.6 is 22.9 Å². The normalized spacial score (nSPS) is 10.6. The molecule has 6 heteroatoms. The third-order valence-corrected chi connectivity index (χ3v) is 3.92. The van der Waals surface area contributed by atoms with Gasteiger partial charge < -0.3 is 5.32 Å². The highest BCUT2D eigenvalue weighted by Gasteiger charge is 2.08. The molecule has 2 aromatic rings. The van der Waals surface area contributed by atoms with E-state index in [0.717, 1.165) is 22.9 Å². The number of thiophene rings is 1. The third kappa shape index (κ3) is 4.31. The van der Waals surface area contributed by atoms with E-state index in [1.807, 2.05) is 24.3 Å². The first-order chi connectivity index (χ1) is 9.15. The summed E-state index contributed by atoms with van der Waals surface area (Å²) in [7, 11) is 0. The van der Waals surface area contributed by atoms with Crippen molar-refractivity contribution >= 4 is 27.9 Å². The van der Waals surface area contributed by atoms with Crippen molar-refractivity contribution in [1.29, 1.82) is 0 Å². The maximum atomic E-state index is 10.5. The molecule has 0 unspecified atom stereocenters. The second-order valence-corrected chi connectivity index (χ2v) is 5.63. The molecule has 2 rings (SSSR count). The molecule has 0 spiro atoms. The lowest BCUT2D eigenvalue weighted by atomic mass is 10.1. The minimum Gasteiger partial charge on any atom is -0.312 e. The van der Waals surface area contributed by atoms with Gasteiger partial charge in [-0.1, -0.05) is 35.1 Å². The molecule has 1 aromatic carbocycles. The minimum absolute atomic E-state index is 0.189. The topological polar surface area (TPSA) is 55.2 Å². The van der Waals surface area contributed by atoms with Crippen LogP contribution in [0.25, 0.3) is 0 Å². The number of halogens is 1. The fourth-order valence-electron chi connectivity index (χ4n) is 1.66. The molecule has 0 bridgehead atoms. The molecule has 0 saturated heterocycles. The van der Waals surface area contributed by atoms with Gasteiger partial charge in [0, 0.05) is 22.5 Å². The molecule has 0 aliphatic carbocycles. The Morgan fingerprint density at radius 2 is 1.95 bits per heavy atom. The maximum absolute atomic E-state index is 10.5. The predicted molar refractivity (Wildman–Crippen MR) is 77.8 cm³/mol. The Labute approximate surface area is 120 Å². The molecule has 0 saturated carbocycles. The van der Waals surface area contributed by atoms with Gasteiger partial charge in [-0.25, -0.2) is 0 Å². The Kier molecular flexibility index (Phi) is 4.90. The second kappa shape index (κ2) is 6.65. The summed E-state index contributed by atoms with van der Waals surface area (Å²) in [5, 5.41) is 14.7. The van der Waals surface area contributed by atoms with Gasteiger partial charge in [0.15, 0.2) is 0 Å². The summed E-state index contributed by atoms with van der Waals surface area (Å²) < 4.78 is 0. The smallest absolute Gasteiger partial charge is 0.312 e. The first-order valence-corrected chi connectivity index (χ1v) is 7.03. The van der Waals surface area contributed by atoms with Crippen molar-refractivity contribution in [1.82, 2.24) is 5.32 Å². The van der Waals surface area contributed by atoms with Gasteiger partial charge in [0.1, 0.15) is 0 Å². The first kappa shape index (κ1) is 14.0. The summed E-state index contributed by atoms with van der Waals surface area (Å²) in [5.41, 5.74) is 1.22. The average molecular weight is 297 g/mol. The molecule has 1 aromatic heterocycles. The van der Waals surface area contributed by atoms with Crippen molar-refractivity contribution in [2.24, 2.45) is 0 Å². The SMILES string of the molecule is O=[N+]([O-])c1ccc(CNCCc2ccc(Cl)cc2)s1. The summed E-state index contributed by atoms with van der Waals surface area (Å²) in [5.74, 6) is 0. The van der Waals surface area contributed by atoms with E-state index in [1.54, 1.807) is 12.1 Å². The van der Waals surface area contributed by atoms with Gasteiger partial charge in [0.2, 0.25) is 0 Å². The number of rotatable bonds is 6. The zero-order valence-electron chi connectivity index (χ0n) is 10.1. The van der Waals surface area contributed by atoms with E-state index < -0.39 is 0 Å². The molecule has 1 heterocycles. The lowest BCUT2D eigenvalue weighted by molar-refractivity contribution is -0.380. The van der Waals surface area contributed by atoms with Gasteiger partial charge in [-0.2, -0.15) is 0 Å². The average Bonchev–Trinajstić information content (AvgIpc) is 2.86. The van der Waals surface area contributed by atoms with Gasteiger partial charge in [-0.3, -0.25) is 10.1 Å². The fraction of sp³-hybridized carbons (Fsp3) is 0.231. The minimum atomic E-state index is -0.359. The van der Waals surface area contributed by atoms with Crippen molar-refractivity contribution in [2.75, 3.05) is 6.54 Å². The largest absolute Gasteiger partial charge is 0.324 e. The van der Waals surface area contributed by atoms with Crippen LogP contribution in [-0.2, 0) is 13.0 Å². The van der Waals surface area contributed by atoms with Crippen molar-refractivity contribution < 1.29 is 4.92 Å². The predicted octanol–water partition coefficient (Wildman–Crippen LogP) is 3.64. The van der Waals surface area contributed by atoms with E-state index in [0.29, 0.717) is 6.54 Å². The number of hydrogen-bond acceptors (Lipinski definition) is 4. The second-order valence-electron chi connectivity index (χ2n) is 4.05. The van der Waals surface area contributed by atoms with Gasteiger partial charge >= 0.3 is 5.00 Å². The summed E-state index contributed by atoms with van der Waals surface area (Å²) in [6, 6.07) is 11.1. The number of nitrogens with zero attached hydrogens (tertiary/aromatic N) is 1. The monoisotopic (exact) mass is 296 g/mol. The fourth-order valence-corrected chi connectivity index (χ4v) is 2.57. The Morgan fingerprint density at radius 3 is 2.58 bits per heavy atom. The molecule has 0 aliphatic rings. The van der Waals surface area contributed by atoms with Crippen LogP contribution < -0.4 is 5.32 Å². The van der Waals surface area contributed by atoms with Crippen LogP contribution in [0.15, 0.2) is 36.4 Å². The molecule has 0 aliphatic heterocycles. The molecule has 0 radical (unpaired) electrons. The van der Waals surface area contributed by atoms with Crippen molar-refractivity contribution in [3.05, 3.63) is 62.0 Å². The Balaban J connectivity index is 1.74. The highest BCUT2D eigenvalue weighted by atomic mass is 35.5. The molecule has 100 valence electrons. The Morgan fingerprint density at radius 1 is 1.21 bits per heavy atom. The van der Waals surface area contributed by atoms with Gasteiger partial charge in [-0.15, -0.1) is 0 Å². The molecular weight excluding hydrogens is 284 g/mol. The maximum Gasteiger partial charge on any atom is 0.324 e. The molecule has 0 fully saturated rings. The lowest BCUT2D eigenvalue weighted by Gasteiger charge is -2.03. The Bertz CT molecular complexity index is 554. The van der Waals surface area contributed by atoms with Crippen LogP contribution in [0.3, 0.4) is 0 Å². The highest BCUT2D eigenvalue weighted by Crippen LogP contribution is 2.23. The molecule has 1 N–H and O–H groups in total. The summed E-state index contributed by atoms with van der Waals surface area (Å²) in [6.45, 7) is 1.49. The van der Waals surface area contributed by atoms with Crippen LogP contribution in [0.2, 0.25) is 5.02 Å². The summed E-state index contributed by atoms with van der Waals surface area (Å²) in [4.78, 5) is 11.2. The molecule has 4 nitrogen and oxygen atoms in total. The van der Waals surface area contributed by atoms with Crippen molar-refractivity contribution in [3.63, 3.8) is 0 Å². The third-order valence-electron chi connectivity index (χ3n) is 2.63. The van der Waals surface area contributed by atoms with Crippen LogP contribution in [0.1, 0.15) is 10.4 Å². The van der Waals surface area contributed by atoms with E-state index >= 15 is 0 Å². The van der Waals surface area contributed by atoms with E-state index in [-0.39, 0.29) is 9.92 Å². The van der Waals surface area contributed by atoms with Crippen LogP contribution in [0.5, 0.6) is 0 Å². The standard InChI is InChI=1S/C13H13ClN2O2S/c14-11-3-1-10(2-4-11)7-8-15-9-12-5-6-13(19-12)16(17)18/h1-6,15H,7-9H2. The van der Waals surface area contributed by atoms with Gasteiger partial charge in [0.25, 0.3) is 0 Å². The molecule has 19 heavy (non-hydrogen) atoms. The summed E-state index contributed by atoms with van der Waals surface area (Å²) >= 11 is 7.02. The van der Waals surface area contributed by atoms with Crippen LogP contribution in [-0.4, -0.2) is 11.5 Å². The number of nitro groups is 1. The summed E-state index contributed by atoms with van der Waals surface area (Å²) in [6.07, 6.45) is 0.907. The van der Waals surface area contributed by atoms with Crippen molar-refractivity contribution in [2.45, 2.75) is 13.0 Å². The molecule has 0 amide bonds. The van der Waals surface area contributed by atoms with E-state index in [9.17, 15) is 10.1 Å². The quantitative estimate of drug-likeness (QED) is 0.503. The zero-order chi connectivity index (χ0) is 13.7. The zero-order valence-corrected chi connectivity index (χ0v) is 11.7. The number of benzene rings is 1. The first-order valence-electron chi connectivity index (χ1n) is 5.83.